The van der Waals surface area contributed by atoms with Crippen molar-refractivity contribution in [3.8, 4) is 5.75 Å². The summed E-state index contributed by atoms with van der Waals surface area (Å²) in [7, 11) is 2.14. The molecule has 5 heteroatoms. The fourth-order valence-electron chi connectivity index (χ4n) is 2.78. The molecule has 4 nitrogen and oxygen atoms in total. The molecular weight excluding hydrogens is 296 g/mol. The number of fused-ring (bicyclic) bond motifs is 1. The first-order valence-electron chi connectivity index (χ1n) is 7.37. The van der Waals surface area contributed by atoms with Gasteiger partial charge in [0.05, 0.1) is 0 Å². The van der Waals surface area contributed by atoms with Crippen molar-refractivity contribution in [3.05, 3.63) is 51.2 Å². The number of carbonyl (C=O) groups excluding carboxylic acids is 1. The molecule has 0 bridgehead atoms. The monoisotopic (exact) mass is 316 g/mol. The topological polar surface area (TPSA) is 55.6 Å². The third kappa shape index (κ3) is 3.15. The molecule has 1 amide bonds. The molecule has 0 saturated carbocycles. The Labute approximate surface area is 134 Å². The van der Waals surface area contributed by atoms with Crippen molar-refractivity contribution in [2.24, 2.45) is 5.73 Å². The molecule has 0 radical (unpaired) electrons. The fraction of sp³-hybridized carbons (Fsp3) is 0.353. The zero-order valence-electron chi connectivity index (χ0n) is 12.8. The highest BCUT2D eigenvalue weighted by molar-refractivity contribution is 7.12. The van der Waals surface area contributed by atoms with Crippen molar-refractivity contribution in [2.75, 3.05) is 13.6 Å². The van der Waals surface area contributed by atoms with Gasteiger partial charge in [-0.15, -0.1) is 11.3 Å². The highest BCUT2D eigenvalue weighted by Crippen LogP contribution is 2.35. The molecule has 1 aromatic heterocycles. The van der Waals surface area contributed by atoms with Crippen LogP contribution in [0, 0.1) is 6.92 Å². The molecule has 2 aromatic rings. The van der Waals surface area contributed by atoms with E-state index >= 15 is 0 Å². The molecule has 1 aromatic carbocycles. The zero-order chi connectivity index (χ0) is 15.7. The predicted molar refractivity (Wildman–Crippen MR) is 88.3 cm³/mol. The van der Waals surface area contributed by atoms with Crippen LogP contribution in [0.1, 0.15) is 38.2 Å². The molecule has 116 valence electrons. The number of amides is 1. The lowest BCUT2D eigenvalue weighted by molar-refractivity contribution is 0.1000. The average molecular weight is 316 g/mol. The van der Waals surface area contributed by atoms with E-state index in [1.165, 1.54) is 15.3 Å². The maximum Gasteiger partial charge on any atom is 0.248 e. The van der Waals surface area contributed by atoms with Crippen LogP contribution in [0.2, 0.25) is 0 Å². The van der Waals surface area contributed by atoms with Crippen molar-refractivity contribution in [2.45, 2.75) is 26.0 Å². The highest BCUT2D eigenvalue weighted by Gasteiger charge is 2.24. The van der Waals surface area contributed by atoms with E-state index in [9.17, 15) is 4.79 Å². The molecule has 2 N–H and O–H groups in total. The summed E-state index contributed by atoms with van der Waals surface area (Å²) in [6.45, 7) is 4.12. The second kappa shape index (κ2) is 6.10. The molecule has 3 rings (SSSR count). The van der Waals surface area contributed by atoms with Crippen molar-refractivity contribution in [1.82, 2.24) is 4.90 Å². The van der Waals surface area contributed by atoms with Crippen LogP contribution in [0.5, 0.6) is 5.75 Å². The third-order valence-corrected chi connectivity index (χ3v) is 4.97. The van der Waals surface area contributed by atoms with Gasteiger partial charge >= 0.3 is 0 Å². The van der Waals surface area contributed by atoms with Gasteiger partial charge in [0.15, 0.2) is 0 Å². The van der Waals surface area contributed by atoms with Crippen LogP contribution in [0.25, 0.3) is 0 Å². The van der Waals surface area contributed by atoms with Crippen LogP contribution in [-0.2, 0) is 6.54 Å². The Balaban J connectivity index is 1.83. The number of benzene rings is 1. The SMILES string of the molecule is Cc1cc2c(s1)CN(C)CCC2Oc1ccc(C(N)=O)cc1. The zero-order valence-corrected chi connectivity index (χ0v) is 13.7. The summed E-state index contributed by atoms with van der Waals surface area (Å²) in [5, 5.41) is 0. The molecule has 0 fully saturated rings. The van der Waals surface area contributed by atoms with Gasteiger partial charge < -0.3 is 15.4 Å². The smallest absolute Gasteiger partial charge is 0.248 e. The van der Waals surface area contributed by atoms with E-state index < -0.39 is 5.91 Å². The Bertz CT molecular complexity index is 678. The summed E-state index contributed by atoms with van der Waals surface area (Å²) in [4.78, 5) is 16.2. The molecule has 0 spiro atoms. The summed E-state index contributed by atoms with van der Waals surface area (Å²) in [6.07, 6.45) is 1.02. The van der Waals surface area contributed by atoms with Crippen LogP contribution in [0.15, 0.2) is 30.3 Å². The van der Waals surface area contributed by atoms with Crippen molar-refractivity contribution in [3.63, 3.8) is 0 Å². The summed E-state index contributed by atoms with van der Waals surface area (Å²) < 4.78 is 6.19. The van der Waals surface area contributed by atoms with E-state index in [0.29, 0.717) is 5.56 Å². The van der Waals surface area contributed by atoms with Gasteiger partial charge in [-0.2, -0.15) is 0 Å². The molecule has 1 atom stereocenters. The summed E-state index contributed by atoms with van der Waals surface area (Å²) in [6, 6.07) is 9.28. The second-order valence-electron chi connectivity index (χ2n) is 5.76. The van der Waals surface area contributed by atoms with E-state index in [1.54, 1.807) is 12.1 Å². The number of primary amides is 1. The van der Waals surface area contributed by atoms with Gasteiger partial charge in [-0.1, -0.05) is 0 Å². The van der Waals surface area contributed by atoms with Gasteiger partial charge in [-0.3, -0.25) is 4.79 Å². The number of thiophene rings is 1. The van der Waals surface area contributed by atoms with Crippen molar-refractivity contribution < 1.29 is 9.53 Å². The quantitative estimate of drug-likeness (QED) is 0.946. The Morgan fingerprint density at radius 3 is 2.77 bits per heavy atom. The lowest BCUT2D eigenvalue weighted by Gasteiger charge is -2.18. The first kappa shape index (κ1) is 15.1. The van der Waals surface area contributed by atoms with Crippen LogP contribution in [-0.4, -0.2) is 24.4 Å². The van der Waals surface area contributed by atoms with Gasteiger partial charge in [0.25, 0.3) is 0 Å². The van der Waals surface area contributed by atoms with Crippen LogP contribution in [0.4, 0.5) is 0 Å². The molecule has 22 heavy (non-hydrogen) atoms. The minimum Gasteiger partial charge on any atom is -0.486 e. The lowest BCUT2D eigenvalue weighted by Crippen LogP contribution is -2.18. The second-order valence-corrected chi connectivity index (χ2v) is 7.10. The van der Waals surface area contributed by atoms with Crippen LogP contribution >= 0.6 is 11.3 Å². The van der Waals surface area contributed by atoms with Crippen LogP contribution in [0.3, 0.4) is 0 Å². The van der Waals surface area contributed by atoms with Gasteiger partial charge in [-0.05, 0) is 44.3 Å². The maximum absolute atomic E-state index is 11.1. The summed E-state index contributed by atoms with van der Waals surface area (Å²) >= 11 is 1.85. The fourth-order valence-corrected chi connectivity index (χ4v) is 3.95. The predicted octanol–water partition coefficient (Wildman–Crippen LogP) is 3.11. The van der Waals surface area contributed by atoms with E-state index in [1.807, 2.05) is 23.5 Å². The number of nitrogens with zero attached hydrogens (tertiary/aromatic N) is 1. The number of aryl methyl sites for hydroxylation is 1. The van der Waals surface area contributed by atoms with E-state index in [2.05, 4.69) is 24.9 Å². The number of hydrogen-bond acceptors (Lipinski definition) is 4. The lowest BCUT2D eigenvalue weighted by atomic mass is 10.1. The highest BCUT2D eigenvalue weighted by atomic mass is 32.1. The first-order chi connectivity index (χ1) is 10.5. The van der Waals surface area contributed by atoms with Crippen molar-refractivity contribution in [1.29, 1.82) is 0 Å². The number of nitrogens with two attached hydrogens (primary N) is 1. The molecule has 0 saturated heterocycles. The standard InChI is InChI=1S/C17H20N2O2S/c1-11-9-14-15(7-8-19(2)10-16(14)22-11)21-13-5-3-12(4-6-13)17(18)20/h3-6,9,15H,7-8,10H2,1-2H3,(H2,18,20). The minimum absolute atomic E-state index is 0.0596. The molecule has 1 aliphatic heterocycles. The van der Waals surface area contributed by atoms with Crippen molar-refractivity contribution >= 4 is 17.2 Å². The van der Waals surface area contributed by atoms with E-state index in [4.69, 9.17) is 10.5 Å². The van der Waals surface area contributed by atoms with E-state index in [-0.39, 0.29) is 6.10 Å². The maximum atomic E-state index is 11.1. The Morgan fingerprint density at radius 2 is 2.09 bits per heavy atom. The number of rotatable bonds is 3. The average Bonchev–Trinajstić information content (AvgIpc) is 2.77. The van der Waals surface area contributed by atoms with Gasteiger partial charge in [0, 0.05) is 40.4 Å². The number of hydrogen-bond donors (Lipinski definition) is 1. The largest absolute Gasteiger partial charge is 0.486 e. The third-order valence-electron chi connectivity index (χ3n) is 3.92. The summed E-state index contributed by atoms with van der Waals surface area (Å²) in [5.74, 6) is 0.354. The molecular formula is C17H20N2O2S. The van der Waals surface area contributed by atoms with E-state index in [0.717, 1.165) is 25.3 Å². The van der Waals surface area contributed by atoms with Gasteiger partial charge in [-0.25, -0.2) is 0 Å². The van der Waals surface area contributed by atoms with Gasteiger partial charge in [0.1, 0.15) is 11.9 Å². The van der Waals surface area contributed by atoms with Gasteiger partial charge in [0.2, 0.25) is 5.91 Å². The minimum atomic E-state index is -0.418. The molecule has 0 aliphatic carbocycles. The first-order valence-corrected chi connectivity index (χ1v) is 8.19. The Morgan fingerprint density at radius 1 is 1.36 bits per heavy atom. The summed E-state index contributed by atoms with van der Waals surface area (Å²) in [5.41, 5.74) is 7.06. The Kier molecular flexibility index (Phi) is 4.18. The molecule has 2 heterocycles. The number of ether oxygens (including phenoxy) is 1. The Hall–Kier alpha value is -1.85. The molecule has 1 aliphatic rings. The van der Waals surface area contributed by atoms with Crippen LogP contribution < -0.4 is 10.5 Å². The molecule has 1 unspecified atom stereocenters. The number of carbonyl (C=O) groups is 1. The normalized spacial score (nSPS) is 18.5.